The lowest BCUT2D eigenvalue weighted by molar-refractivity contribution is -0.138. The second-order valence-corrected chi connectivity index (χ2v) is 10.8. The normalized spacial score (nSPS) is 33.4. The van der Waals surface area contributed by atoms with E-state index in [-0.39, 0.29) is 35.0 Å². The van der Waals surface area contributed by atoms with Crippen molar-refractivity contribution in [2.24, 2.45) is 35.0 Å². The second kappa shape index (κ2) is 6.61. The molecule has 0 N–H and O–H groups in total. The molecule has 5 unspecified atom stereocenters. The van der Waals surface area contributed by atoms with Gasteiger partial charge in [-0.05, 0) is 55.1 Å². The van der Waals surface area contributed by atoms with Crippen molar-refractivity contribution >= 4 is 28.6 Å². The number of likely N-dealkylation sites (tertiary alicyclic amines) is 2. The van der Waals surface area contributed by atoms with E-state index >= 15 is 0 Å². The summed E-state index contributed by atoms with van der Waals surface area (Å²) in [4.78, 5) is 42.6. The van der Waals surface area contributed by atoms with Gasteiger partial charge in [0.15, 0.2) is 17.1 Å². The van der Waals surface area contributed by atoms with Crippen LogP contribution in [0, 0.1) is 35.0 Å². The fraction of sp³-hybridized carbons (Fsp3) is 0.577. The van der Waals surface area contributed by atoms with Crippen LogP contribution in [0.15, 0.2) is 28.7 Å². The quantitative estimate of drug-likeness (QED) is 0.721. The number of hydrogen-bond acceptors (Lipinski definition) is 5. The lowest BCUT2D eigenvalue weighted by Gasteiger charge is -2.39. The Bertz CT molecular complexity index is 1190. The van der Waals surface area contributed by atoms with Crippen LogP contribution in [0.25, 0.3) is 11.0 Å². The minimum absolute atomic E-state index is 0.0101. The average Bonchev–Trinajstić information content (AvgIpc) is 3.37. The third-order valence-electron chi connectivity index (χ3n) is 9.38. The highest BCUT2D eigenvalue weighted by Crippen LogP contribution is 2.71. The predicted molar refractivity (Wildman–Crippen MR) is 119 cm³/mol. The maximum Gasteiger partial charge on any atom is 0.289 e. The number of nitrogens with zero attached hydrogens (tertiary/aromatic N) is 2. The average molecular weight is 449 g/mol. The fourth-order valence-electron chi connectivity index (χ4n) is 7.56. The van der Waals surface area contributed by atoms with E-state index in [9.17, 15) is 14.4 Å². The number of piperidine rings is 1. The minimum Gasteiger partial charge on any atom is -0.493 e. The number of para-hydroxylation sites is 1. The molecule has 1 spiro atoms. The first kappa shape index (κ1) is 19.6. The molecule has 6 aliphatic rings. The van der Waals surface area contributed by atoms with E-state index in [0.29, 0.717) is 47.8 Å². The molecule has 0 radical (unpaired) electrons. The van der Waals surface area contributed by atoms with Crippen molar-refractivity contribution in [2.75, 3.05) is 33.3 Å². The number of ether oxygens (including phenoxy) is 1. The van der Waals surface area contributed by atoms with Crippen molar-refractivity contribution in [3.8, 4) is 5.75 Å². The van der Waals surface area contributed by atoms with Crippen LogP contribution >= 0.6 is 0 Å². The summed E-state index contributed by atoms with van der Waals surface area (Å²) >= 11 is 0. The molecule has 6 fully saturated rings. The summed E-state index contributed by atoms with van der Waals surface area (Å²) < 4.78 is 11.2. The van der Waals surface area contributed by atoms with Crippen LogP contribution in [-0.2, 0) is 9.59 Å². The molecule has 2 saturated heterocycles. The number of ketones is 1. The number of hydrogen-bond donors (Lipinski definition) is 0. The number of benzene rings is 1. The predicted octanol–water partition coefficient (Wildman–Crippen LogP) is 2.98. The molecule has 8 rings (SSSR count). The van der Waals surface area contributed by atoms with Crippen LogP contribution in [0.3, 0.4) is 0 Å². The molecule has 4 aliphatic carbocycles. The fourth-order valence-corrected chi connectivity index (χ4v) is 7.56. The first-order valence-corrected chi connectivity index (χ1v) is 12.2. The van der Waals surface area contributed by atoms with Gasteiger partial charge in [0.1, 0.15) is 5.78 Å². The Morgan fingerprint density at radius 3 is 2.52 bits per heavy atom. The summed E-state index contributed by atoms with van der Waals surface area (Å²) in [5.74, 6) is 2.54. The van der Waals surface area contributed by atoms with Gasteiger partial charge >= 0.3 is 0 Å². The van der Waals surface area contributed by atoms with E-state index < -0.39 is 0 Å². The number of amides is 2. The van der Waals surface area contributed by atoms with Gasteiger partial charge in [-0.25, -0.2) is 0 Å². The summed E-state index contributed by atoms with van der Waals surface area (Å²) in [5.41, 5.74) is 0.695. The highest BCUT2D eigenvalue weighted by Gasteiger charge is 2.75. The van der Waals surface area contributed by atoms with Gasteiger partial charge in [0.05, 0.1) is 13.0 Å². The second-order valence-electron chi connectivity index (χ2n) is 10.8. The Morgan fingerprint density at radius 2 is 1.88 bits per heavy atom. The SMILES string of the molecule is COc1cccc2cc(C(=O)N3CCC4(CC3)CCN(C(=O)C3C5CC6C(C5=O)C63)C4)oc12. The van der Waals surface area contributed by atoms with Gasteiger partial charge in [0, 0.05) is 43.4 Å². The molecule has 33 heavy (non-hydrogen) atoms. The third kappa shape index (κ3) is 2.65. The number of carbonyl (C=O) groups is 3. The zero-order chi connectivity index (χ0) is 22.5. The van der Waals surface area contributed by atoms with E-state index in [4.69, 9.17) is 9.15 Å². The molecule has 2 aliphatic heterocycles. The van der Waals surface area contributed by atoms with Crippen molar-refractivity contribution in [1.29, 1.82) is 0 Å². The van der Waals surface area contributed by atoms with Crippen LogP contribution in [0.2, 0.25) is 0 Å². The molecule has 1 aromatic heterocycles. The van der Waals surface area contributed by atoms with Gasteiger partial charge in [0.25, 0.3) is 5.91 Å². The van der Waals surface area contributed by atoms with Gasteiger partial charge in [-0.15, -0.1) is 0 Å². The molecule has 4 saturated carbocycles. The highest BCUT2D eigenvalue weighted by molar-refractivity contribution is 6.00. The third-order valence-corrected chi connectivity index (χ3v) is 9.38. The van der Waals surface area contributed by atoms with Gasteiger partial charge in [-0.2, -0.15) is 0 Å². The first-order valence-electron chi connectivity index (χ1n) is 12.2. The zero-order valence-corrected chi connectivity index (χ0v) is 18.8. The Hall–Kier alpha value is -2.83. The molecular weight excluding hydrogens is 420 g/mol. The lowest BCUT2D eigenvalue weighted by Crippen LogP contribution is -2.45. The molecule has 2 aromatic rings. The Labute approximate surface area is 192 Å². The molecule has 172 valence electrons. The molecular formula is C26H28N2O5. The zero-order valence-electron chi connectivity index (χ0n) is 18.8. The van der Waals surface area contributed by atoms with Crippen molar-refractivity contribution in [3.63, 3.8) is 0 Å². The molecule has 1 aromatic carbocycles. The number of carbonyl (C=O) groups excluding carboxylic acids is 3. The van der Waals surface area contributed by atoms with Gasteiger partial charge in [-0.3, -0.25) is 14.4 Å². The number of methoxy groups -OCH3 is 1. The van der Waals surface area contributed by atoms with E-state index in [1.165, 1.54) is 0 Å². The molecule has 3 heterocycles. The maximum absolute atomic E-state index is 13.3. The van der Waals surface area contributed by atoms with Crippen molar-refractivity contribution in [2.45, 2.75) is 25.7 Å². The van der Waals surface area contributed by atoms with Crippen LogP contribution in [0.4, 0.5) is 0 Å². The van der Waals surface area contributed by atoms with Crippen LogP contribution in [0.5, 0.6) is 5.75 Å². The number of furan rings is 1. The van der Waals surface area contributed by atoms with Crippen LogP contribution < -0.4 is 4.74 Å². The standard InChI is InChI=1S/C26H28N2O5/c1-32-17-4-2-3-14-11-18(33-23(14)17)24(30)27-8-5-26(6-9-27)7-10-28(13-26)25(31)21-16-12-15-19(21)20(15)22(16)29/h2-4,11,15-16,19-21H,5-10,12-13H2,1H3. The Morgan fingerprint density at radius 1 is 1.12 bits per heavy atom. The first-order chi connectivity index (χ1) is 16.0. The lowest BCUT2D eigenvalue weighted by atomic mass is 9.77. The van der Waals surface area contributed by atoms with Crippen LogP contribution in [0.1, 0.15) is 36.2 Å². The summed E-state index contributed by atoms with van der Waals surface area (Å²) in [6.45, 7) is 2.91. The highest BCUT2D eigenvalue weighted by atomic mass is 16.5. The number of Topliss-reactive ketones (excluding diaryl/α,β-unsaturated/α-hetero) is 1. The number of fused-ring (bicyclic) bond motifs is 1. The molecule has 7 nitrogen and oxygen atoms in total. The van der Waals surface area contributed by atoms with E-state index in [1.807, 2.05) is 28.0 Å². The summed E-state index contributed by atoms with van der Waals surface area (Å²) in [7, 11) is 1.59. The molecule has 2 amide bonds. The monoisotopic (exact) mass is 448 g/mol. The van der Waals surface area contributed by atoms with E-state index in [1.54, 1.807) is 13.2 Å². The summed E-state index contributed by atoms with van der Waals surface area (Å²) in [6, 6.07) is 7.42. The van der Waals surface area contributed by atoms with Crippen molar-refractivity contribution in [1.82, 2.24) is 9.80 Å². The Kier molecular flexibility index (Phi) is 3.93. The topological polar surface area (TPSA) is 80.1 Å². The summed E-state index contributed by atoms with van der Waals surface area (Å²) in [5, 5.41) is 0.859. The molecule has 5 atom stereocenters. The maximum atomic E-state index is 13.3. The molecule has 4 bridgehead atoms. The van der Waals surface area contributed by atoms with E-state index in [0.717, 1.165) is 44.2 Å². The van der Waals surface area contributed by atoms with Crippen molar-refractivity contribution in [3.05, 3.63) is 30.0 Å². The summed E-state index contributed by atoms with van der Waals surface area (Å²) in [6.07, 6.45) is 3.74. The largest absolute Gasteiger partial charge is 0.493 e. The van der Waals surface area contributed by atoms with Gasteiger partial charge in [-0.1, -0.05) is 12.1 Å². The number of rotatable bonds is 3. The van der Waals surface area contributed by atoms with Crippen molar-refractivity contribution < 1.29 is 23.5 Å². The minimum atomic E-state index is -0.0851. The molecule has 7 heteroatoms. The van der Waals surface area contributed by atoms with Gasteiger partial charge < -0.3 is 19.0 Å². The Balaban J connectivity index is 1.01. The smallest absolute Gasteiger partial charge is 0.289 e. The van der Waals surface area contributed by atoms with Crippen LogP contribution in [-0.4, -0.2) is 60.7 Å². The van der Waals surface area contributed by atoms with Gasteiger partial charge in [0.2, 0.25) is 5.91 Å². The van der Waals surface area contributed by atoms with E-state index in [2.05, 4.69) is 0 Å².